The molecule has 0 fully saturated rings. The van der Waals surface area contributed by atoms with Crippen LogP contribution >= 0.6 is 0 Å². The number of hydrogen-bond acceptors (Lipinski definition) is 2. The van der Waals surface area contributed by atoms with Gasteiger partial charge in [0.2, 0.25) is 0 Å². The zero-order valence-electron chi connectivity index (χ0n) is 15.5. The molecule has 3 aliphatic rings. The summed E-state index contributed by atoms with van der Waals surface area (Å²) in [7, 11) is 3.87. The van der Waals surface area contributed by atoms with E-state index in [1.54, 1.807) is 7.11 Å². The summed E-state index contributed by atoms with van der Waals surface area (Å²) in [4.78, 5) is 0. The number of rotatable bonds is 1. The number of allylic oxidation sites excluding steroid dienone is 1. The van der Waals surface area contributed by atoms with Crippen LogP contribution in [0.2, 0.25) is 0 Å². The predicted octanol–water partition coefficient (Wildman–Crippen LogP) is -0.293. The molecule has 2 unspecified atom stereocenters. The Hall–Kier alpha value is 3.00. The van der Waals surface area contributed by atoms with Crippen molar-refractivity contribution in [2.75, 3.05) is 20.7 Å². The van der Waals surface area contributed by atoms with Crippen LogP contribution in [0.15, 0.2) is 24.3 Å². The quantitative estimate of drug-likeness (QED) is 0.295. The smallest absolute Gasteiger partial charge is 0.170 e. The largest absolute Gasteiger partial charge is 1.00 e. The Kier molecular flexibility index (Phi) is 15.3. The number of hydrogen-bond donors (Lipinski definition) is 0. The second kappa shape index (κ2) is 12.8. The minimum atomic E-state index is -0.0000231. The van der Waals surface area contributed by atoms with Crippen LogP contribution in [0.25, 0.3) is 0 Å². The molecular weight excluding hydrogens is 698 g/mol. The van der Waals surface area contributed by atoms with Crippen LogP contribution in [0.3, 0.4) is 0 Å². The zero-order valence-corrected chi connectivity index (χ0v) is 28.5. The van der Waals surface area contributed by atoms with Crippen molar-refractivity contribution >= 4 is 6.21 Å². The van der Waals surface area contributed by atoms with Crippen molar-refractivity contribution in [1.82, 2.24) is 0 Å². The Labute approximate surface area is 267 Å². The molecule has 1 aromatic rings. The topological polar surface area (TPSA) is 21.5 Å². The fourth-order valence-corrected chi connectivity index (χ4v) is 3.95. The summed E-state index contributed by atoms with van der Waals surface area (Å²) in [5.41, 5.74) is 2.58. The van der Waals surface area contributed by atoms with E-state index in [1.807, 2.05) is 6.07 Å². The second-order valence-corrected chi connectivity index (χ2v) is 6.45. The van der Waals surface area contributed by atoms with Crippen LogP contribution < -0.4 is 26.5 Å². The van der Waals surface area contributed by atoms with Gasteiger partial charge in [-0.1, -0.05) is 6.42 Å². The number of methoxy groups -OCH3 is 1. The van der Waals surface area contributed by atoms with Crippen LogP contribution in [0.4, 0.5) is 0 Å². The first-order chi connectivity index (χ1) is 10.1. The Morgan fingerprint density at radius 2 is 1.92 bits per heavy atom. The van der Waals surface area contributed by atoms with E-state index in [9.17, 15) is 0 Å². The predicted molar refractivity (Wildman–Crippen MR) is 82.6 cm³/mol. The molecule has 26 heavy (non-hydrogen) atoms. The van der Waals surface area contributed by atoms with Gasteiger partial charge in [0.15, 0.2) is 17.7 Å². The summed E-state index contributed by atoms with van der Waals surface area (Å²) in [6, 6.07) is 4.18. The minimum Gasteiger partial charge on any atom is -1.00 e. The van der Waals surface area contributed by atoms with E-state index < -0.39 is 0 Å². The molecule has 130 valence electrons. The third kappa shape index (κ3) is 5.42. The van der Waals surface area contributed by atoms with Gasteiger partial charge in [-0.2, -0.15) is 0 Å². The minimum absolute atomic E-state index is 0. The first kappa shape index (κ1) is 31.2. The average Bonchev–Trinajstić information content (AvgIpc) is 2.72. The summed E-state index contributed by atoms with van der Waals surface area (Å²) < 4.78 is 14.2. The van der Waals surface area contributed by atoms with Crippen LogP contribution in [-0.4, -0.2) is 37.6 Å². The maximum atomic E-state index is 6.37. The molecule has 2 heterocycles. The molecule has 3 nitrogen and oxygen atoms in total. The summed E-state index contributed by atoms with van der Waals surface area (Å²) in [6.45, 7) is 3.22. The molecule has 1 spiro atoms. The molecule has 0 aromatic heterocycles. The van der Waals surface area contributed by atoms with E-state index >= 15 is 0 Å². The van der Waals surface area contributed by atoms with Crippen molar-refractivity contribution in [3.05, 3.63) is 41.3 Å². The van der Waals surface area contributed by atoms with Crippen LogP contribution in [0.1, 0.15) is 30.9 Å². The Balaban J connectivity index is 0. The van der Waals surface area contributed by atoms with Gasteiger partial charge >= 0.3 is 0 Å². The van der Waals surface area contributed by atoms with Crippen LogP contribution in [-0.2, 0) is 136 Å². The molecule has 0 bridgehead atoms. The van der Waals surface area contributed by atoms with Gasteiger partial charge in [0, 0.05) is 148 Å². The molecule has 0 saturated heterocycles. The van der Waals surface area contributed by atoms with Gasteiger partial charge in [-0.15, -0.1) is 6.92 Å². The van der Waals surface area contributed by atoms with Crippen molar-refractivity contribution in [3.8, 4) is 11.5 Å². The average molecular weight is 719 g/mol. The summed E-state index contributed by atoms with van der Waals surface area (Å²) >= 11 is 0. The second-order valence-electron chi connectivity index (χ2n) is 6.45. The van der Waals surface area contributed by atoms with Gasteiger partial charge in [0.05, 0.1) is 13.2 Å². The van der Waals surface area contributed by atoms with E-state index in [0.717, 1.165) is 30.9 Å². The maximum Gasteiger partial charge on any atom is 0.170 e. The van der Waals surface area contributed by atoms with Crippen molar-refractivity contribution in [1.29, 1.82) is 0 Å². The fraction of sp³-hybridized carbons (Fsp3) is 0.444. The number of benzene rings is 1. The third-order valence-corrected chi connectivity index (χ3v) is 5.08. The van der Waals surface area contributed by atoms with Crippen LogP contribution in [0, 0.1) is 5.92 Å². The van der Waals surface area contributed by atoms with Gasteiger partial charge in [-0.05, 0) is 17.5 Å². The maximum absolute atomic E-state index is 6.37. The first-order valence-corrected chi connectivity index (χ1v) is 7.59. The molecule has 8 heteroatoms. The number of halogens is 1. The summed E-state index contributed by atoms with van der Waals surface area (Å²) in [6.07, 6.45) is 9.17. The van der Waals surface area contributed by atoms with Gasteiger partial charge < -0.3 is 26.5 Å². The SMILES string of the molecule is COc1ccc2c3c1OC1C[C-](C)C=CC31CC[N+](C)=C2.[Br-].[Y].[Y].[Y].[Y]. The van der Waals surface area contributed by atoms with E-state index in [4.69, 9.17) is 9.47 Å². The number of ether oxygens (including phenoxy) is 2. The fourth-order valence-electron chi connectivity index (χ4n) is 3.95. The Morgan fingerprint density at radius 1 is 1.23 bits per heavy atom. The molecule has 4 rings (SSSR count). The van der Waals surface area contributed by atoms with E-state index in [2.05, 4.69) is 43.0 Å². The first-order valence-electron chi connectivity index (χ1n) is 7.59. The van der Waals surface area contributed by atoms with Crippen LogP contribution in [0.5, 0.6) is 11.5 Å². The molecule has 1 aromatic carbocycles. The van der Waals surface area contributed by atoms with E-state index in [-0.39, 0.29) is 159 Å². The third-order valence-electron chi connectivity index (χ3n) is 5.08. The molecular formula is C18H21BrNO2Y4-. The Morgan fingerprint density at radius 3 is 2.58 bits per heavy atom. The molecule has 2 aliphatic heterocycles. The normalized spacial score (nSPS) is 23.6. The molecule has 0 saturated carbocycles. The molecule has 0 N–H and O–H groups in total. The molecule has 2 atom stereocenters. The van der Waals surface area contributed by atoms with E-state index in [0.29, 0.717) is 0 Å². The number of nitrogens with zero attached hydrogens (tertiary/aromatic N) is 1. The van der Waals surface area contributed by atoms with Crippen molar-refractivity contribution in [2.45, 2.75) is 31.3 Å². The van der Waals surface area contributed by atoms with Gasteiger partial charge in [-0.25, -0.2) is 22.6 Å². The van der Waals surface area contributed by atoms with E-state index in [1.165, 1.54) is 17.0 Å². The monoisotopic (exact) mass is 718 g/mol. The van der Waals surface area contributed by atoms with Gasteiger partial charge in [0.25, 0.3) is 0 Å². The Bertz CT molecular complexity index is 683. The molecule has 0 amide bonds. The zero-order chi connectivity index (χ0) is 14.6. The molecule has 1 aliphatic carbocycles. The van der Waals surface area contributed by atoms with Crippen molar-refractivity contribution in [2.24, 2.45) is 0 Å². The summed E-state index contributed by atoms with van der Waals surface area (Å²) in [5.74, 6) is 3.19. The van der Waals surface area contributed by atoms with Crippen molar-refractivity contribution in [3.63, 3.8) is 0 Å². The van der Waals surface area contributed by atoms with Gasteiger partial charge in [-0.3, -0.25) is 0 Å². The van der Waals surface area contributed by atoms with Gasteiger partial charge in [0.1, 0.15) is 13.6 Å². The van der Waals surface area contributed by atoms with Crippen molar-refractivity contribution < 1.29 is 162 Å². The summed E-state index contributed by atoms with van der Waals surface area (Å²) in [5, 5.41) is 0. The molecule has 4 radical (unpaired) electrons. The standard InChI is InChI=1S/C18H21NO2.BrH.4Y/c1-12-6-7-18-8-9-19(2)11-13-4-5-14(20-3)17(16(13)18)21-15(18)10-12;;;;;/h4-7,11,15H,8-10H2,1-3H3;1H;;;;/p-1.